The van der Waals surface area contributed by atoms with Gasteiger partial charge in [-0.3, -0.25) is 4.79 Å². The first-order chi connectivity index (χ1) is 13.8. The molecule has 4 nitrogen and oxygen atoms in total. The van der Waals surface area contributed by atoms with Gasteiger partial charge in [0.05, 0.1) is 17.5 Å². The summed E-state index contributed by atoms with van der Waals surface area (Å²) in [5, 5.41) is 5.48. The summed E-state index contributed by atoms with van der Waals surface area (Å²) in [6.45, 7) is 9.33. The fourth-order valence-electron chi connectivity index (χ4n) is 4.36. The zero-order chi connectivity index (χ0) is 20.9. The number of hydrogen-bond donors (Lipinski definition) is 1. The van der Waals surface area contributed by atoms with E-state index in [1.807, 2.05) is 41.5 Å². The van der Waals surface area contributed by atoms with Crippen LogP contribution in [0.4, 0.5) is 0 Å². The summed E-state index contributed by atoms with van der Waals surface area (Å²) in [6, 6.07) is 20.3. The molecule has 0 aromatic heterocycles. The Kier molecular flexibility index (Phi) is 6.76. The van der Waals surface area contributed by atoms with Gasteiger partial charge in [-0.2, -0.15) is 0 Å². The molecule has 1 fully saturated rings. The Bertz CT molecular complexity index is 771. The molecule has 3 rings (SSSR count). The Morgan fingerprint density at radius 2 is 1.52 bits per heavy atom. The maximum atomic E-state index is 13.0. The summed E-state index contributed by atoms with van der Waals surface area (Å²) >= 11 is 0. The second kappa shape index (κ2) is 9.10. The second-order valence-corrected chi connectivity index (χ2v) is 9.27. The molecule has 0 aliphatic carbocycles. The van der Waals surface area contributed by atoms with Crippen LogP contribution in [0.1, 0.15) is 70.5 Å². The van der Waals surface area contributed by atoms with Crippen molar-refractivity contribution < 1.29 is 9.63 Å². The monoisotopic (exact) mass is 394 g/mol. The van der Waals surface area contributed by atoms with Crippen molar-refractivity contribution >= 4 is 5.97 Å². The predicted octanol–water partition coefficient (Wildman–Crippen LogP) is 5.41. The highest BCUT2D eigenvalue weighted by molar-refractivity contribution is 5.70. The van der Waals surface area contributed by atoms with E-state index >= 15 is 0 Å². The zero-order valence-corrected chi connectivity index (χ0v) is 18.2. The molecule has 1 saturated heterocycles. The molecule has 29 heavy (non-hydrogen) atoms. The van der Waals surface area contributed by atoms with Gasteiger partial charge in [-0.1, -0.05) is 60.7 Å². The minimum Gasteiger partial charge on any atom is -0.367 e. The van der Waals surface area contributed by atoms with Gasteiger partial charge in [-0.25, -0.2) is 0 Å². The van der Waals surface area contributed by atoms with Crippen LogP contribution in [0, 0.1) is 0 Å². The molecule has 1 atom stereocenters. The topological polar surface area (TPSA) is 41.6 Å². The van der Waals surface area contributed by atoms with Crippen LogP contribution in [-0.2, 0) is 16.2 Å². The second-order valence-electron chi connectivity index (χ2n) is 9.27. The fourth-order valence-corrected chi connectivity index (χ4v) is 4.36. The molecule has 0 unspecified atom stereocenters. The van der Waals surface area contributed by atoms with Crippen LogP contribution in [-0.4, -0.2) is 22.1 Å². The average molecular weight is 395 g/mol. The van der Waals surface area contributed by atoms with Crippen LogP contribution in [0.15, 0.2) is 60.7 Å². The van der Waals surface area contributed by atoms with Crippen molar-refractivity contribution in [3.8, 4) is 0 Å². The molecule has 0 spiro atoms. The first kappa shape index (κ1) is 21.5. The number of piperidine rings is 1. The Morgan fingerprint density at radius 3 is 2.10 bits per heavy atom. The van der Waals surface area contributed by atoms with Crippen LogP contribution < -0.4 is 5.32 Å². The third kappa shape index (κ3) is 5.68. The highest BCUT2D eigenvalue weighted by Crippen LogP contribution is 2.38. The molecule has 0 amide bonds. The van der Waals surface area contributed by atoms with Crippen molar-refractivity contribution in [1.82, 2.24) is 10.4 Å². The molecular weight excluding hydrogens is 360 g/mol. The van der Waals surface area contributed by atoms with Gasteiger partial charge >= 0.3 is 5.97 Å². The number of carbonyl (C=O) groups is 1. The van der Waals surface area contributed by atoms with Gasteiger partial charge in [0.25, 0.3) is 0 Å². The number of carbonyl (C=O) groups excluding carboxylic acids is 1. The summed E-state index contributed by atoms with van der Waals surface area (Å²) < 4.78 is 0. The van der Waals surface area contributed by atoms with Gasteiger partial charge in [-0.05, 0) is 58.1 Å². The van der Waals surface area contributed by atoms with Gasteiger partial charge in [0.2, 0.25) is 0 Å². The molecule has 0 saturated carbocycles. The van der Waals surface area contributed by atoms with Crippen molar-refractivity contribution in [2.24, 2.45) is 0 Å². The first-order valence-corrected chi connectivity index (χ1v) is 10.6. The molecule has 156 valence electrons. The van der Waals surface area contributed by atoms with Gasteiger partial charge in [0.15, 0.2) is 0 Å². The minimum atomic E-state index is -0.192. The molecular formula is C25H34N2O2. The van der Waals surface area contributed by atoms with E-state index in [0.29, 0.717) is 13.0 Å². The van der Waals surface area contributed by atoms with Crippen LogP contribution in [0.25, 0.3) is 0 Å². The first-order valence-electron chi connectivity index (χ1n) is 10.6. The van der Waals surface area contributed by atoms with Gasteiger partial charge in [-0.15, -0.1) is 5.06 Å². The quantitative estimate of drug-likeness (QED) is 0.682. The fraction of sp³-hybridized carbons (Fsp3) is 0.480. The van der Waals surface area contributed by atoms with Crippen LogP contribution in [0.5, 0.6) is 0 Å². The summed E-state index contributed by atoms with van der Waals surface area (Å²) in [6.07, 6.45) is 3.50. The van der Waals surface area contributed by atoms with E-state index in [9.17, 15) is 4.79 Å². The summed E-state index contributed by atoms with van der Waals surface area (Å²) in [4.78, 5) is 19.0. The smallest absolute Gasteiger partial charge is 0.327 e. The molecule has 1 N–H and O–H groups in total. The number of nitrogens with one attached hydrogen (secondary N) is 1. The average Bonchev–Trinajstić information content (AvgIpc) is 2.69. The molecule has 2 aromatic rings. The number of benzene rings is 2. The summed E-state index contributed by atoms with van der Waals surface area (Å²) in [5.74, 6) is -0.192. The van der Waals surface area contributed by atoms with E-state index in [0.717, 1.165) is 24.8 Å². The Hall–Kier alpha value is -2.17. The van der Waals surface area contributed by atoms with Gasteiger partial charge < -0.3 is 10.2 Å². The summed E-state index contributed by atoms with van der Waals surface area (Å²) in [7, 11) is 0. The Balaban J connectivity index is 1.70. The number of hydroxylamine groups is 2. The van der Waals surface area contributed by atoms with Crippen LogP contribution in [0.3, 0.4) is 0 Å². The maximum absolute atomic E-state index is 13.0. The van der Waals surface area contributed by atoms with Crippen molar-refractivity contribution in [1.29, 1.82) is 0 Å². The third-order valence-corrected chi connectivity index (χ3v) is 5.84. The highest BCUT2D eigenvalue weighted by Gasteiger charge is 2.44. The van der Waals surface area contributed by atoms with Crippen molar-refractivity contribution in [2.45, 2.75) is 77.0 Å². The molecule has 1 heterocycles. The summed E-state index contributed by atoms with van der Waals surface area (Å²) in [5.41, 5.74) is 1.98. The highest BCUT2D eigenvalue weighted by atomic mass is 16.7. The lowest BCUT2D eigenvalue weighted by Crippen LogP contribution is -2.58. The predicted molar refractivity (Wildman–Crippen MR) is 117 cm³/mol. The standard InChI is InChI=1S/C25H34N2O2/c1-24(2)16-11-17-25(3,4)27(24)29-23(28)18-22(21-14-9-6-10-15-21)26-19-20-12-7-5-8-13-20/h5-10,12-15,22,26H,11,16-19H2,1-4H3/t22-/m0/s1. The largest absolute Gasteiger partial charge is 0.367 e. The van der Waals surface area contributed by atoms with E-state index in [4.69, 9.17) is 4.84 Å². The van der Waals surface area contributed by atoms with Crippen molar-refractivity contribution in [2.75, 3.05) is 0 Å². The molecule has 1 aliphatic rings. The van der Waals surface area contributed by atoms with E-state index in [2.05, 4.69) is 57.3 Å². The van der Waals surface area contributed by atoms with Crippen LogP contribution in [0.2, 0.25) is 0 Å². The Morgan fingerprint density at radius 1 is 0.966 bits per heavy atom. The van der Waals surface area contributed by atoms with E-state index < -0.39 is 0 Å². The van der Waals surface area contributed by atoms with E-state index in [1.54, 1.807) is 0 Å². The molecule has 1 aliphatic heterocycles. The van der Waals surface area contributed by atoms with Gasteiger partial charge in [0, 0.05) is 12.6 Å². The molecule has 4 heteroatoms. The van der Waals surface area contributed by atoms with Gasteiger partial charge in [0.1, 0.15) is 0 Å². The molecule has 2 aromatic carbocycles. The Labute approximate surface area is 175 Å². The lowest BCUT2D eigenvalue weighted by molar-refractivity contribution is -0.266. The van der Waals surface area contributed by atoms with Crippen molar-refractivity contribution in [3.05, 3.63) is 71.8 Å². The number of hydrogen-bond acceptors (Lipinski definition) is 4. The molecule has 0 radical (unpaired) electrons. The maximum Gasteiger partial charge on any atom is 0.327 e. The normalized spacial score (nSPS) is 19.4. The van der Waals surface area contributed by atoms with Crippen LogP contribution >= 0.6 is 0 Å². The third-order valence-electron chi connectivity index (χ3n) is 5.84. The number of rotatable bonds is 7. The number of nitrogens with zero attached hydrogens (tertiary/aromatic N) is 1. The van der Waals surface area contributed by atoms with E-state index in [1.165, 1.54) is 5.56 Å². The van der Waals surface area contributed by atoms with Crippen molar-refractivity contribution in [3.63, 3.8) is 0 Å². The van der Waals surface area contributed by atoms with E-state index in [-0.39, 0.29) is 23.1 Å². The lowest BCUT2D eigenvalue weighted by Gasteiger charge is -2.50. The minimum absolute atomic E-state index is 0.0973. The molecule has 0 bridgehead atoms. The zero-order valence-electron chi connectivity index (χ0n) is 18.2. The lowest BCUT2D eigenvalue weighted by atomic mass is 9.82. The SMILES string of the molecule is CC1(C)CCCC(C)(C)N1OC(=O)C[C@H](NCc1ccccc1)c1ccccc1.